The van der Waals surface area contributed by atoms with E-state index in [0.29, 0.717) is 18.4 Å². The van der Waals surface area contributed by atoms with Crippen molar-refractivity contribution in [1.82, 2.24) is 36.8 Å². The van der Waals surface area contributed by atoms with Crippen molar-refractivity contribution in [3.8, 4) is 0 Å². The Hall–Kier alpha value is -4.20. The number of fused-ring (bicyclic) bond motifs is 2. The number of unbranched alkanes of at least 4 members (excludes halogenated alkanes) is 1. The van der Waals surface area contributed by atoms with Gasteiger partial charge < -0.3 is 31.7 Å². The summed E-state index contributed by atoms with van der Waals surface area (Å²) in [5, 5.41) is 25.5. The lowest BCUT2D eigenvalue weighted by atomic mass is 10.0. The van der Waals surface area contributed by atoms with E-state index in [2.05, 4.69) is 31.9 Å². The molecule has 1 aromatic rings. The largest absolute Gasteiger partial charge is 0.391 e. The molecule has 14 heteroatoms. The van der Waals surface area contributed by atoms with E-state index in [1.54, 1.807) is 45.0 Å². The quantitative estimate of drug-likeness (QED) is 0.238. The number of carbonyl (C=O) groups is 6. The number of nitrogens with zero attached hydrogens (tertiary/aromatic N) is 1. The van der Waals surface area contributed by atoms with Crippen molar-refractivity contribution in [3.05, 3.63) is 35.4 Å². The maximum Gasteiger partial charge on any atom is 0.322 e. The molecule has 1 aromatic carbocycles. The number of urea groups is 2. The van der Waals surface area contributed by atoms with Gasteiger partial charge in [-0.2, -0.15) is 0 Å². The van der Waals surface area contributed by atoms with Crippen LogP contribution in [0.15, 0.2) is 24.3 Å². The molecule has 44 heavy (non-hydrogen) atoms. The zero-order chi connectivity index (χ0) is 33.2. The van der Waals surface area contributed by atoms with Gasteiger partial charge in [0.2, 0.25) is 5.91 Å². The van der Waals surface area contributed by atoms with Gasteiger partial charge in [-0.25, -0.2) is 9.59 Å². The molecule has 1 heterocycles. The van der Waals surface area contributed by atoms with Gasteiger partial charge in [-0.15, -0.1) is 0 Å². The molecule has 0 aliphatic carbocycles. The lowest BCUT2D eigenvalue weighted by Gasteiger charge is -2.35. The number of hydrogen-bond acceptors (Lipinski definition) is 7. The summed E-state index contributed by atoms with van der Waals surface area (Å²) in [6.07, 6.45) is -1.60. The summed E-state index contributed by atoms with van der Waals surface area (Å²) in [5.74, 6) is -3.06. The van der Waals surface area contributed by atoms with Gasteiger partial charge in [0.1, 0.15) is 12.1 Å². The summed E-state index contributed by atoms with van der Waals surface area (Å²) in [7, 11) is 0. The van der Waals surface area contributed by atoms with Crippen LogP contribution in [0.1, 0.15) is 83.7 Å². The van der Waals surface area contributed by atoms with E-state index in [1.807, 2.05) is 20.8 Å². The molecule has 14 nitrogen and oxygen atoms in total. The number of amides is 8. The molecule has 2 rings (SSSR count). The first-order valence-electron chi connectivity index (χ1n) is 14.9. The molecule has 1 aliphatic heterocycles. The molecule has 244 valence electrons. The third-order valence-corrected chi connectivity index (χ3v) is 6.60. The minimum Gasteiger partial charge on any atom is -0.391 e. The Bertz CT molecular complexity index is 1210. The molecule has 1 aliphatic rings. The Kier molecular flexibility index (Phi) is 13.1. The molecule has 8 amide bonds. The first-order chi connectivity index (χ1) is 20.5. The Labute approximate surface area is 258 Å². The molecule has 0 aromatic heterocycles. The zero-order valence-electron chi connectivity index (χ0n) is 26.6. The summed E-state index contributed by atoms with van der Waals surface area (Å²) >= 11 is 0. The van der Waals surface area contributed by atoms with Gasteiger partial charge in [-0.05, 0) is 64.2 Å². The smallest absolute Gasteiger partial charge is 0.322 e. The monoisotopic (exact) mass is 617 g/mol. The van der Waals surface area contributed by atoms with Crippen molar-refractivity contribution in [2.24, 2.45) is 5.92 Å². The highest BCUT2D eigenvalue weighted by atomic mass is 16.3. The molecule has 0 spiro atoms. The summed E-state index contributed by atoms with van der Waals surface area (Å²) in [6.45, 7) is 12.1. The van der Waals surface area contributed by atoms with E-state index >= 15 is 0 Å². The maximum atomic E-state index is 13.5. The van der Waals surface area contributed by atoms with Crippen molar-refractivity contribution < 1.29 is 33.9 Å². The molecule has 0 saturated carbocycles. The van der Waals surface area contributed by atoms with E-state index < -0.39 is 65.6 Å². The lowest BCUT2D eigenvalue weighted by molar-refractivity contribution is -0.135. The van der Waals surface area contributed by atoms with Crippen LogP contribution in [0.5, 0.6) is 0 Å². The second kappa shape index (κ2) is 16.0. The van der Waals surface area contributed by atoms with E-state index in [0.717, 1.165) is 0 Å². The number of rotatable bonds is 7. The van der Waals surface area contributed by atoms with Gasteiger partial charge in [0.05, 0.1) is 6.10 Å². The van der Waals surface area contributed by atoms with E-state index in [-0.39, 0.29) is 31.0 Å². The van der Waals surface area contributed by atoms with Crippen molar-refractivity contribution >= 4 is 35.7 Å². The van der Waals surface area contributed by atoms with Crippen LogP contribution in [0.2, 0.25) is 0 Å². The van der Waals surface area contributed by atoms with Crippen LogP contribution in [0, 0.1) is 5.92 Å². The SMILES string of the molecule is CCCCN1C(=O)NCc2cccc(c2)C(=O)N[C@@H](CC(C)C)C(=O)NC(=O)NC([C@@H](C)O)C(=O)N[C@H]1C(=O)NC(C)(C)C. The number of aliphatic hydroxyl groups is 1. The van der Waals surface area contributed by atoms with E-state index in [1.165, 1.54) is 11.8 Å². The van der Waals surface area contributed by atoms with Crippen LogP contribution >= 0.6 is 0 Å². The van der Waals surface area contributed by atoms with Gasteiger partial charge in [-0.3, -0.25) is 29.4 Å². The Morgan fingerprint density at radius 1 is 1.05 bits per heavy atom. The summed E-state index contributed by atoms with van der Waals surface area (Å²) in [5.41, 5.74) is 0.0763. The van der Waals surface area contributed by atoms with Crippen molar-refractivity contribution in [1.29, 1.82) is 0 Å². The molecule has 2 bridgehead atoms. The van der Waals surface area contributed by atoms with Crippen LogP contribution in [0.3, 0.4) is 0 Å². The standard InChI is InChI=1S/C30H47N7O7/c1-8-9-13-37-23(27(42)36-30(5,6)7)34-26(41)22(18(4)38)33-28(43)35-25(40)21(14-17(2)3)32-24(39)20-12-10-11-19(15-20)16-31-29(37)44/h10-12,15,17-18,21-23,38H,8-9,13-14,16H2,1-7H3,(H,31,44)(H,32,39)(H,34,41)(H,36,42)(H2,33,35,40,43)/t18-,21+,22?,23-/m1/s1. The van der Waals surface area contributed by atoms with Crippen molar-refractivity contribution in [2.45, 2.75) is 104 Å². The first kappa shape index (κ1) is 36.0. The fourth-order valence-electron chi connectivity index (χ4n) is 4.45. The lowest BCUT2D eigenvalue weighted by Crippen LogP contribution is -2.66. The van der Waals surface area contributed by atoms with Crippen molar-refractivity contribution in [3.63, 3.8) is 0 Å². The van der Waals surface area contributed by atoms with Gasteiger partial charge >= 0.3 is 12.1 Å². The Balaban J connectivity index is 2.59. The van der Waals surface area contributed by atoms with Crippen LogP contribution in [0.4, 0.5) is 9.59 Å². The van der Waals surface area contributed by atoms with Crippen LogP contribution < -0.4 is 31.9 Å². The number of carbonyl (C=O) groups excluding carboxylic acids is 6. The number of nitrogens with one attached hydrogen (secondary N) is 6. The minimum atomic E-state index is -1.61. The van der Waals surface area contributed by atoms with Gasteiger partial charge in [-0.1, -0.05) is 39.3 Å². The molecule has 7 N–H and O–H groups in total. The normalized spacial score (nSPS) is 21.6. The first-order valence-corrected chi connectivity index (χ1v) is 14.9. The zero-order valence-corrected chi connectivity index (χ0v) is 26.6. The third kappa shape index (κ3) is 11.1. The average molecular weight is 618 g/mol. The maximum absolute atomic E-state index is 13.5. The fourth-order valence-corrected chi connectivity index (χ4v) is 4.45. The molecule has 4 atom stereocenters. The highest BCUT2D eigenvalue weighted by Gasteiger charge is 2.36. The van der Waals surface area contributed by atoms with Gasteiger partial charge in [0, 0.05) is 24.2 Å². The Morgan fingerprint density at radius 3 is 2.32 bits per heavy atom. The minimum absolute atomic E-state index is 0.00754. The highest BCUT2D eigenvalue weighted by molar-refractivity contribution is 6.02. The van der Waals surface area contributed by atoms with Crippen LogP contribution in [0.25, 0.3) is 0 Å². The summed E-state index contributed by atoms with van der Waals surface area (Å²) in [6, 6.07) is 1.98. The molecule has 0 saturated heterocycles. The highest BCUT2D eigenvalue weighted by Crippen LogP contribution is 2.12. The summed E-state index contributed by atoms with van der Waals surface area (Å²) < 4.78 is 0. The Morgan fingerprint density at radius 2 is 1.73 bits per heavy atom. The predicted octanol–water partition coefficient (Wildman–Crippen LogP) is 1.09. The third-order valence-electron chi connectivity index (χ3n) is 6.60. The molecular formula is C30H47N7O7. The topological polar surface area (TPSA) is 198 Å². The van der Waals surface area contributed by atoms with Crippen LogP contribution in [-0.2, 0) is 20.9 Å². The second-order valence-electron chi connectivity index (χ2n) is 12.4. The van der Waals surface area contributed by atoms with Gasteiger partial charge in [0.15, 0.2) is 6.17 Å². The number of benzene rings is 1. The van der Waals surface area contributed by atoms with E-state index in [9.17, 15) is 33.9 Å². The summed E-state index contributed by atoms with van der Waals surface area (Å²) in [4.78, 5) is 80.7. The van der Waals surface area contributed by atoms with E-state index in [4.69, 9.17) is 0 Å². The predicted molar refractivity (Wildman–Crippen MR) is 163 cm³/mol. The molecule has 1 unspecified atom stereocenters. The van der Waals surface area contributed by atoms with Crippen molar-refractivity contribution in [2.75, 3.05) is 6.54 Å². The van der Waals surface area contributed by atoms with Gasteiger partial charge in [0.25, 0.3) is 17.7 Å². The van der Waals surface area contributed by atoms with Crippen LogP contribution in [-0.4, -0.2) is 82.1 Å². The fraction of sp³-hybridized carbons (Fsp3) is 0.600. The number of hydrogen-bond donors (Lipinski definition) is 7. The molecule has 0 radical (unpaired) electrons. The number of aliphatic hydroxyl groups excluding tert-OH is 1. The average Bonchev–Trinajstić information content (AvgIpc) is 2.92. The number of imide groups is 1. The second-order valence-corrected chi connectivity index (χ2v) is 12.4. The molecule has 0 fully saturated rings. The molecular weight excluding hydrogens is 570 g/mol.